The summed E-state index contributed by atoms with van der Waals surface area (Å²) in [5.41, 5.74) is 1.40. The zero-order valence-electron chi connectivity index (χ0n) is 16.3. The van der Waals surface area contributed by atoms with Crippen LogP contribution in [0.15, 0.2) is 53.5 Å². The number of halogens is 2. The monoisotopic (exact) mass is 472 g/mol. The van der Waals surface area contributed by atoms with E-state index < -0.39 is 0 Å². The van der Waals surface area contributed by atoms with Gasteiger partial charge in [-0.2, -0.15) is 0 Å². The van der Waals surface area contributed by atoms with Gasteiger partial charge in [0.15, 0.2) is 5.13 Å². The smallest absolute Gasteiger partial charge is 0.258 e. The molecule has 0 atom stereocenters. The maximum Gasteiger partial charge on any atom is 0.258 e. The Hall–Kier alpha value is -2.74. The van der Waals surface area contributed by atoms with Gasteiger partial charge in [0.25, 0.3) is 5.56 Å². The summed E-state index contributed by atoms with van der Waals surface area (Å²) in [6, 6.07) is 12.5. The number of H-pyrrole nitrogens is 1. The number of fused-ring (bicyclic) bond motifs is 1. The Kier molecular flexibility index (Phi) is 6.65. The molecule has 6 nitrogen and oxygen atoms in total. The summed E-state index contributed by atoms with van der Waals surface area (Å²) in [6.45, 7) is 0. The van der Waals surface area contributed by atoms with Crippen molar-refractivity contribution in [2.24, 2.45) is 0 Å². The van der Waals surface area contributed by atoms with Crippen LogP contribution in [0.5, 0.6) is 0 Å². The third-order valence-electron chi connectivity index (χ3n) is 4.65. The van der Waals surface area contributed by atoms with Crippen molar-refractivity contribution in [2.45, 2.75) is 25.7 Å². The SMILES string of the molecule is O=C(CCCc1nc2ccccc2c(=O)[nH]1)Nc1ncc(Cc2cc(Cl)ccc2Cl)s1. The number of nitrogens with one attached hydrogen (secondary N) is 2. The van der Waals surface area contributed by atoms with E-state index >= 15 is 0 Å². The van der Waals surface area contributed by atoms with E-state index in [0.717, 1.165) is 10.4 Å². The van der Waals surface area contributed by atoms with Crippen LogP contribution in [0, 0.1) is 0 Å². The van der Waals surface area contributed by atoms with E-state index in [0.29, 0.717) is 57.6 Å². The second kappa shape index (κ2) is 9.60. The van der Waals surface area contributed by atoms with Crippen LogP contribution in [0.4, 0.5) is 5.13 Å². The standard InChI is InChI=1S/C22H18Cl2N4O2S/c23-14-8-9-17(24)13(10-14)11-15-12-25-22(31-15)28-20(29)7-3-6-19-26-18-5-2-1-4-16(18)21(30)27-19/h1-2,4-5,8-10,12H,3,6-7,11H2,(H,25,28,29)(H,26,27,30). The summed E-state index contributed by atoms with van der Waals surface area (Å²) in [5, 5.41) is 5.18. The highest BCUT2D eigenvalue weighted by atomic mass is 35.5. The van der Waals surface area contributed by atoms with Crippen LogP contribution in [0.1, 0.15) is 29.1 Å². The minimum atomic E-state index is -0.167. The number of rotatable bonds is 7. The normalized spacial score (nSPS) is 11.0. The van der Waals surface area contributed by atoms with Gasteiger partial charge in [-0.1, -0.05) is 35.3 Å². The number of aromatic amines is 1. The van der Waals surface area contributed by atoms with Crippen molar-refractivity contribution >= 4 is 56.5 Å². The topological polar surface area (TPSA) is 87.7 Å². The molecule has 0 radical (unpaired) electrons. The minimum absolute atomic E-state index is 0.134. The number of carbonyl (C=O) groups is 1. The van der Waals surface area contributed by atoms with Gasteiger partial charge >= 0.3 is 0 Å². The average Bonchev–Trinajstić information content (AvgIpc) is 3.17. The average molecular weight is 473 g/mol. The molecule has 2 aromatic carbocycles. The molecular formula is C22H18Cl2N4O2S. The number of nitrogens with zero attached hydrogens (tertiary/aromatic N) is 2. The molecule has 0 saturated carbocycles. The van der Waals surface area contributed by atoms with E-state index in [4.69, 9.17) is 23.2 Å². The highest BCUT2D eigenvalue weighted by Gasteiger charge is 2.10. The fraction of sp³-hybridized carbons (Fsp3) is 0.182. The number of thiazole rings is 1. The summed E-state index contributed by atoms with van der Waals surface area (Å²) in [4.78, 5) is 36.9. The van der Waals surface area contributed by atoms with Crippen molar-refractivity contribution < 1.29 is 4.79 Å². The maximum absolute atomic E-state index is 12.3. The fourth-order valence-electron chi connectivity index (χ4n) is 3.16. The van der Waals surface area contributed by atoms with Gasteiger partial charge in [-0.3, -0.25) is 9.59 Å². The van der Waals surface area contributed by atoms with E-state index in [1.54, 1.807) is 36.5 Å². The van der Waals surface area contributed by atoms with Crippen molar-refractivity contribution in [1.82, 2.24) is 15.0 Å². The summed E-state index contributed by atoms with van der Waals surface area (Å²) < 4.78 is 0. The van der Waals surface area contributed by atoms with Crippen LogP contribution in [0.2, 0.25) is 10.0 Å². The first-order valence-electron chi connectivity index (χ1n) is 9.64. The zero-order valence-corrected chi connectivity index (χ0v) is 18.7. The Morgan fingerprint density at radius 3 is 2.87 bits per heavy atom. The molecule has 0 unspecified atom stereocenters. The highest BCUT2D eigenvalue weighted by Crippen LogP contribution is 2.27. The number of hydrogen-bond acceptors (Lipinski definition) is 5. The van der Waals surface area contributed by atoms with Crippen LogP contribution in [-0.4, -0.2) is 20.9 Å². The molecular weight excluding hydrogens is 455 g/mol. The second-order valence-electron chi connectivity index (χ2n) is 6.98. The molecule has 158 valence electrons. The predicted octanol–water partition coefficient (Wildman–Crippen LogP) is 5.24. The van der Waals surface area contributed by atoms with Crippen LogP contribution >= 0.6 is 34.5 Å². The molecule has 0 bridgehead atoms. The van der Waals surface area contributed by atoms with Crippen LogP contribution in [-0.2, 0) is 17.6 Å². The van der Waals surface area contributed by atoms with Crippen molar-refractivity contribution in [3.05, 3.63) is 85.3 Å². The molecule has 2 N–H and O–H groups in total. The first kappa shape index (κ1) is 21.5. The molecule has 31 heavy (non-hydrogen) atoms. The predicted molar refractivity (Wildman–Crippen MR) is 125 cm³/mol. The lowest BCUT2D eigenvalue weighted by molar-refractivity contribution is -0.116. The van der Waals surface area contributed by atoms with Crippen LogP contribution in [0.25, 0.3) is 10.9 Å². The van der Waals surface area contributed by atoms with Gasteiger partial charge in [-0.25, -0.2) is 9.97 Å². The Morgan fingerprint density at radius 2 is 2.00 bits per heavy atom. The molecule has 4 aromatic rings. The summed E-state index contributed by atoms with van der Waals surface area (Å²) in [6.07, 6.45) is 3.67. The zero-order chi connectivity index (χ0) is 21.8. The number of amides is 1. The maximum atomic E-state index is 12.3. The van der Waals surface area contributed by atoms with Gasteiger partial charge in [-0.15, -0.1) is 11.3 Å². The molecule has 0 fully saturated rings. The molecule has 0 aliphatic heterocycles. The highest BCUT2D eigenvalue weighted by molar-refractivity contribution is 7.15. The fourth-order valence-corrected chi connectivity index (χ4v) is 4.40. The number of aromatic nitrogens is 3. The largest absolute Gasteiger partial charge is 0.310 e. The van der Waals surface area contributed by atoms with Gasteiger partial charge in [-0.05, 0) is 42.3 Å². The van der Waals surface area contributed by atoms with Gasteiger partial charge in [0.1, 0.15) is 5.82 Å². The van der Waals surface area contributed by atoms with E-state index in [1.165, 1.54) is 11.3 Å². The molecule has 0 aliphatic carbocycles. The van der Waals surface area contributed by atoms with Crippen molar-refractivity contribution in [1.29, 1.82) is 0 Å². The first-order valence-corrected chi connectivity index (χ1v) is 11.2. The number of benzene rings is 2. The lowest BCUT2D eigenvalue weighted by atomic mass is 10.1. The number of para-hydroxylation sites is 1. The molecule has 2 heterocycles. The number of carbonyl (C=O) groups excluding carboxylic acids is 1. The van der Waals surface area contributed by atoms with E-state index in [2.05, 4.69) is 20.3 Å². The number of aryl methyl sites for hydroxylation is 1. The molecule has 2 aromatic heterocycles. The first-order chi connectivity index (χ1) is 15.0. The van der Waals surface area contributed by atoms with Gasteiger partial charge in [0.2, 0.25) is 5.91 Å². The lowest BCUT2D eigenvalue weighted by Crippen LogP contribution is -2.14. The van der Waals surface area contributed by atoms with Crippen LogP contribution < -0.4 is 10.9 Å². The third kappa shape index (κ3) is 5.50. The Balaban J connectivity index is 1.30. The molecule has 0 spiro atoms. The molecule has 4 rings (SSSR count). The third-order valence-corrected chi connectivity index (χ3v) is 6.17. The van der Waals surface area contributed by atoms with Crippen molar-refractivity contribution in [2.75, 3.05) is 5.32 Å². The Morgan fingerprint density at radius 1 is 1.16 bits per heavy atom. The molecule has 1 amide bonds. The quantitative estimate of drug-likeness (QED) is 0.384. The number of hydrogen-bond donors (Lipinski definition) is 2. The Labute approximate surface area is 192 Å². The molecule has 0 saturated heterocycles. The van der Waals surface area contributed by atoms with Crippen LogP contribution in [0.3, 0.4) is 0 Å². The summed E-state index contributed by atoms with van der Waals surface area (Å²) in [7, 11) is 0. The van der Waals surface area contributed by atoms with E-state index in [1.807, 2.05) is 12.1 Å². The van der Waals surface area contributed by atoms with Gasteiger partial charge in [0.05, 0.1) is 10.9 Å². The van der Waals surface area contributed by atoms with Crippen molar-refractivity contribution in [3.63, 3.8) is 0 Å². The van der Waals surface area contributed by atoms with E-state index in [9.17, 15) is 9.59 Å². The lowest BCUT2D eigenvalue weighted by Gasteiger charge is -2.04. The van der Waals surface area contributed by atoms with E-state index in [-0.39, 0.29) is 11.5 Å². The number of anilines is 1. The summed E-state index contributed by atoms with van der Waals surface area (Å²) in [5.74, 6) is 0.441. The Bertz CT molecular complexity index is 1300. The summed E-state index contributed by atoms with van der Waals surface area (Å²) >= 11 is 13.6. The van der Waals surface area contributed by atoms with Gasteiger partial charge < -0.3 is 10.3 Å². The molecule has 9 heteroatoms. The second-order valence-corrected chi connectivity index (χ2v) is 8.93. The van der Waals surface area contributed by atoms with Gasteiger partial charge in [0, 0.05) is 40.4 Å². The van der Waals surface area contributed by atoms with Crippen molar-refractivity contribution in [3.8, 4) is 0 Å². The minimum Gasteiger partial charge on any atom is -0.310 e. The molecule has 0 aliphatic rings.